The van der Waals surface area contributed by atoms with E-state index in [1.165, 1.54) is 0 Å². The molecule has 16 heavy (non-hydrogen) atoms. The van der Waals surface area contributed by atoms with Gasteiger partial charge < -0.3 is 11.1 Å². The van der Waals surface area contributed by atoms with Crippen LogP contribution in [-0.2, 0) is 0 Å². The van der Waals surface area contributed by atoms with Gasteiger partial charge in [0, 0.05) is 23.3 Å². The minimum atomic E-state index is 0.281. The van der Waals surface area contributed by atoms with Crippen LogP contribution >= 0.6 is 11.6 Å². The van der Waals surface area contributed by atoms with E-state index < -0.39 is 0 Å². The zero-order valence-electron chi connectivity index (χ0n) is 10.3. The van der Waals surface area contributed by atoms with Crippen LogP contribution in [0.25, 0.3) is 0 Å². The van der Waals surface area contributed by atoms with Crippen LogP contribution in [0, 0.1) is 5.41 Å². The molecule has 0 aliphatic heterocycles. The molecule has 0 fully saturated rings. The van der Waals surface area contributed by atoms with Crippen molar-refractivity contribution < 1.29 is 0 Å². The Morgan fingerprint density at radius 2 is 1.81 bits per heavy atom. The van der Waals surface area contributed by atoms with Crippen LogP contribution < -0.4 is 11.1 Å². The molecule has 1 rings (SSSR count). The van der Waals surface area contributed by atoms with Gasteiger partial charge in [-0.15, -0.1) is 0 Å². The van der Waals surface area contributed by atoms with Crippen molar-refractivity contribution in [1.82, 2.24) is 0 Å². The molecule has 0 amide bonds. The lowest BCUT2D eigenvalue weighted by Crippen LogP contribution is -2.32. The summed E-state index contributed by atoms with van der Waals surface area (Å²) in [4.78, 5) is 0. The van der Waals surface area contributed by atoms with Crippen molar-refractivity contribution in [1.29, 1.82) is 0 Å². The Bertz CT molecular complexity index is 314. The third-order valence-corrected chi connectivity index (χ3v) is 2.61. The summed E-state index contributed by atoms with van der Waals surface area (Å²) >= 11 is 5.84. The lowest BCUT2D eigenvalue weighted by molar-refractivity contribution is 0.351. The molecule has 1 aromatic carbocycles. The highest BCUT2D eigenvalue weighted by Crippen LogP contribution is 2.23. The van der Waals surface area contributed by atoms with E-state index >= 15 is 0 Å². The second-order valence-electron chi connectivity index (χ2n) is 5.35. The summed E-state index contributed by atoms with van der Waals surface area (Å²) in [7, 11) is 0. The van der Waals surface area contributed by atoms with Crippen LogP contribution in [-0.4, -0.2) is 12.6 Å². The van der Waals surface area contributed by atoms with Gasteiger partial charge in [0.15, 0.2) is 0 Å². The minimum absolute atomic E-state index is 0.281. The predicted molar refractivity (Wildman–Crippen MR) is 72.0 cm³/mol. The molecule has 3 heteroatoms. The number of nitrogens with two attached hydrogens (primary N) is 1. The fourth-order valence-electron chi connectivity index (χ4n) is 1.71. The summed E-state index contributed by atoms with van der Waals surface area (Å²) in [6.07, 6.45) is 1.05. The summed E-state index contributed by atoms with van der Waals surface area (Å²) in [6, 6.07) is 8.03. The highest BCUT2D eigenvalue weighted by molar-refractivity contribution is 6.30. The molecule has 1 atom stereocenters. The molecule has 0 aromatic heterocycles. The monoisotopic (exact) mass is 240 g/mol. The van der Waals surface area contributed by atoms with Gasteiger partial charge in [-0.1, -0.05) is 32.4 Å². The van der Waals surface area contributed by atoms with E-state index in [4.69, 9.17) is 17.3 Å². The van der Waals surface area contributed by atoms with Crippen molar-refractivity contribution in [3.8, 4) is 0 Å². The Labute approximate surface area is 103 Å². The molecule has 0 saturated heterocycles. The Balaban J connectivity index is 2.60. The smallest absolute Gasteiger partial charge is 0.0407 e. The lowest BCUT2D eigenvalue weighted by atomic mass is 9.88. The summed E-state index contributed by atoms with van der Waals surface area (Å²) < 4.78 is 0. The number of hydrogen-bond donors (Lipinski definition) is 2. The molecular formula is C13H21ClN2. The zero-order valence-corrected chi connectivity index (χ0v) is 11.0. The van der Waals surface area contributed by atoms with E-state index in [1.807, 2.05) is 24.3 Å². The molecule has 0 bridgehead atoms. The third kappa shape index (κ3) is 4.86. The quantitative estimate of drug-likeness (QED) is 0.845. The Hall–Kier alpha value is -0.730. The molecular weight excluding hydrogens is 220 g/mol. The normalized spacial score (nSPS) is 13.6. The molecule has 0 saturated carbocycles. The number of benzene rings is 1. The molecule has 0 spiro atoms. The van der Waals surface area contributed by atoms with Gasteiger partial charge >= 0.3 is 0 Å². The van der Waals surface area contributed by atoms with Gasteiger partial charge in [0.05, 0.1) is 0 Å². The zero-order chi connectivity index (χ0) is 12.2. The number of halogens is 1. The van der Waals surface area contributed by atoms with Crippen molar-refractivity contribution in [3.63, 3.8) is 0 Å². The van der Waals surface area contributed by atoms with Crippen molar-refractivity contribution in [2.45, 2.75) is 33.2 Å². The molecule has 0 radical (unpaired) electrons. The van der Waals surface area contributed by atoms with Gasteiger partial charge in [0.2, 0.25) is 0 Å². The highest BCUT2D eigenvalue weighted by atomic mass is 35.5. The highest BCUT2D eigenvalue weighted by Gasteiger charge is 2.17. The third-order valence-electron chi connectivity index (χ3n) is 2.36. The second-order valence-corrected chi connectivity index (χ2v) is 5.79. The molecule has 0 aliphatic rings. The van der Waals surface area contributed by atoms with Crippen LogP contribution in [0.4, 0.5) is 5.69 Å². The van der Waals surface area contributed by atoms with Crippen LogP contribution in [0.5, 0.6) is 0 Å². The van der Waals surface area contributed by atoms with Gasteiger partial charge in [-0.3, -0.25) is 0 Å². The number of nitrogens with one attached hydrogen (secondary N) is 1. The number of hydrogen-bond acceptors (Lipinski definition) is 2. The van der Waals surface area contributed by atoms with E-state index in [9.17, 15) is 0 Å². The summed E-state index contributed by atoms with van der Waals surface area (Å²) in [5, 5.41) is 4.18. The Kier molecular flexibility index (Phi) is 4.63. The van der Waals surface area contributed by atoms with Gasteiger partial charge in [-0.05, 0) is 36.1 Å². The van der Waals surface area contributed by atoms with Crippen molar-refractivity contribution in [2.24, 2.45) is 11.1 Å². The molecule has 0 heterocycles. The average molecular weight is 241 g/mol. The van der Waals surface area contributed by atoms with E-state index in [-0.39, 0.29) is 5.41 Å². The maximum absolute atomic E-state index is 5.84. The largest absolute Gasteiger partial charge is 0.381 e. The van der Waals surface area contributed by atoms with E-state index in [0.717, 1.165) is 17.1 Å². The summed E-state index contributed by atoms with van der Waals surface area (Å²) in [6.45, 7) is 7.30. The first-order valence-corrected chi connectivity index (χ1v) is 6.01. The SMILES string of the molecule is CC(C)(C)CC(CN)Nc1ccc(Cl)cc1. The van der Waals surface area contributed by atoms with Gasteiger partial charge in [-0.2, -0.15) is 0 Å². The van der Waals surface area contributed by atoms with E-state index in [2.05, 4.69) is 26.1 Å². The Morgan fingerprint density at radius 3 is 2.25 bits per heavy atom. The van der Waals surface area contributed by atoms with Crippen molar-refractivity contribution >= 4 is 17.3 Å². The molecule has 1 unspecified atom stereocenters. The standard InChI is InChI=1S/C13H21ClN2/c1-13(2,3)8-12(9-15)16-11-6-4-10(14)5-7-11/h4-7,12,16H,8-9,15H2,1-3H3. The number of rotatable bonds is 4. The molecule has 1 aromatic rings. The van der Waals surface area contributed by atoms with Gasteiger partial charge in [-0.25, -0.2) is 0 Å². The summed E-state index contributed by atoms with van der Waals surface area (Å²) in [5.41, 5.74) is 7.12. The molecule has 2 nitrogen and oxygen atoms in total. The fraction of sp³-hybridized carbons (Fsp3) is 0.538. The lowest BCUT2D eigenvalue weighted by Gasteiger charge is -2.26. The van der Waals surface area contributed by atoms with Crippen molar-refractivity contribution in [2.75, 3.05) is 11.9 Å². The topological polar surface area (TPSA) is 38.0 Å². The Morgan fingerprint density at radius 1 is 1.25 bits per heavy atom. The van der Waals surface area contributed by atoms with Crippen LogP contribution in [0.2, 0.25) is 5.02 Å². The van der Waals surface area contributed by atoms with Crippen LogP contribution in [0.3, 0.4) is 0 Å². The first-order chi connectivity index (χ1) is 7.40. The van der Waals surface area contributed by atoms with Crippen LogP contribution in [0.15, 0.2) is 24.3 Å². The fourth-order valence-corrected chi connectivity index (χ4v) is 1.84. The van der Waals surface area contributed by atoms with Gasteiger partial charge in [0.1, 0.15) is 0 Å². The molecule has 90 valence electrons. The summed E-state index contributed by atoms with van der Waals surface area (Å²) in [5.74, 6) is 0. The average Bonchev–Trinajstić information content (AvgIpc) is 2.18. The van der Waals surface area contributed by atoms with Crippen molar-refractivity contribution in [3.05, 3.63) is 29.3 Å². The minimum Gasteiger partial charge on any atom is -0.381 e. The molecule has 3 N–H and O–H groups in total. The van der Waals surface area contributed by atoms with E-state index in [0.29, 0.717) is 12.6 Å². The maximum atomic E-state index is 5.84. The number of anilines is 1. The van der Waals surface area contributed by atoms with Gasteiger partial charge in [0.25, 0.3) is 0 Å². The second kappa shape index (κ2) is 5.55. The first kappa shape index (κ1) is 13.3. The predicted octanol–water partition coefficient (Wildman–Crippen LogP) is 3.52. The molecule has 0 aliphatic carbocycles. The van der Waals surface area contributed by atoms with E-state index in [1.54, 1.807) is 0 Å². The maximum Gasteiger partial charge on any atom is 0.0407 e. The first-order valence-electron chi connectivity index (χ1n) is 5.63. The van der Waals surface area contributed by atoms with Crippen LogP contribution in [0.1, 0.15) is 27.2 Å².